The molecule has 4 rings (SSSR count). The number of benzene rings is 1. The highest BCUT2D eigenvalue weighted by Gasteiger charge is 2.31. The summed E-state index contributed by atoms with van der Waals surface area (Å²) in [5.41, 5.74) is 2.36. The molecule has 0 radical (unpaired) electrons. The lowest BCUT2D eigenvalue weighted by atomic mass is 9.78. The van der Waals surface area contributed by atoms with Crippen molar-refractivity contribution in [2.75, 3.05) is 0 Å². The number of hydrogen-bond donors (Lipinski definition) is 2. The maximum absolute atomic E-state index is 12.9. The number of hydrogen-bond acceptors (Lipinski definition) is 4. The van der Waals surface area contributed by atoms with Crippen molar-refractivity contribution < 1.29 is 19.5 Å². The zero-order valence-electron chi connectivity index (χ0n) is 17.1. The van der Waals surface area contributed by atoms with Crippen LogP contribution >= 0.6 is 0 Å². The Kier molecular flexibility index (Phi) is 5.49. The molecule has 1 aliphatic heterocycles. The first-order chi connectivity index (χ1) is 14.3. The monoisotopic (exact) mass is 413 g/mol. The fourth-order valence-electron chi connectivity index (χ4n) is 4.99. The van der Waals surface area contributed by atoms with Crippen molar-refractivity contribution in [1.29, 1.82) is 0 Å². The molecule has 1 aromatic carbocycles. The molecule has 160 valence electrons. The lowest BCUT2D eigenvalue weighted by Gasteiger charge is -2.27. The zero-order chi connectivity index (χ0) is 21.4. The maximum Gasteiger partial charge on any atom is 0.329 e. The molecular weight excluding hydrogens is 386 g/mol. The second kappa shape index (κ2) is 8.08. The van der Waals surface area contributed by atoms with Gasteiger partial charge in [-0.2, -0.15) is 0 Å². The number of nitrogens with zero attached hydrogens (tertiary/aromatic N) is 2. The van der Waals surface area contributed by atoms with E-state index in [4.69, 9.17) is 5.11 Å². The van der Waals surface area contributed by atoms with Gasteiger partial charge in [0, 0.05) is 19.9 Å². The Hall–Kier alpha value is -2.90. The molecule has 2 aromatic rings. The maximum atomic E-state index is 12.9. The van der Waals surface area contributed by atoms with Crippen LogP contribution in [-0.4, -0.2) is 32.0 Å². The Morgan fingerprint density at radius 3 is 2.43 bits per heavy atom. The van der Waals surface area contributed by atoms with Crippen molar-refractivity contribution in [2.45, 2.75) is 57.4 Å². The summed E-state index contributed by atoms with van der Waals surface area (Å²) in [7, 11) is 1.70. The Balaban J connectivity index is 1.54. The van der Waals surface area contributed by atoms with E-state index < -0.39 is 17.9 Å². The number of imidazole rings is 1. The number of amides is 2. The highest BCUT2D eigenvalue weighted by Crippen LogP contribution is 2.33. The molecule has 1 aliphatic carbocycles. The van der Waals surface area contributed by atoms with Gasteiger partial charge in [-0.3, -0.25) is 28.8 Å². The van der Waals surface area contributed by atoms with Crippen molar-refractivity contribution in [3.63, 3.8) is 0 Å². The van der Waals surface area contributed by atoms with Gasteiger partial charge in [0.1, 0.15) is 6.04 Å². The van der Waals surface area contributed by atoms with E-state index in [1.807, 2.05) is 18.2 Å². The third kappa shape index (κ3) is 3.91. The Bertz CT molecular complexity index is 1060. The van der Waals surface area contributed by atoms with Gasteiger partial charge in [0.25, 0.3) is 0 Å². The van der Waals surface area contributed by atoms with Gasteiger partial charge < -0.3 is 5.11 Å². The van der Waals surface area contributed by atoms with Crippen LogP contribution in [-0.2, 0) is 27.9 Å². The summed E-state index contributed by atoms with van der Waals surface area (Å²) in [5, 5.41) is 11.3. The van der Waals surface area contributed by atoms with Gasteiger partial charge >= 0.3 is 11.7 Å². The lowest BCUT2D eigenvalue weighted by Crippen LogP contribution is -2.44. The lowest BCUT2D eigenvalue weighted by molar-refractivity contribution is -0.138. The van der Waals surface area contributed by atoms with Gasteiger partial charge in [-0.05, 0) is 68.1 Å². The molecule has 2 aliphatic rings. The quantitative estimate of drug-likeness (QED) is 0.730. The molecule has 30 heavy (non-hydrogen) atoms. The summed E-state index contributed by atoms with van der Waals surface area (Å²) in [4.78, 5) is 47.5. The summed E-state index contributed by atoms with van der Waals surface area (Å²) in [6.45, 7) is 0. The van der Waals surface area contributed by atoms with E-state index in [0.29, 0.717) is 17.9 Å². The number of carboxylic acid groups (broad SMARTS) is 1. The average molecular weight is 413 g/mol. The van der Waals surface area contributed by atoms with E-state index in [-0.39, 0.29) is 30.4 Å². The predicted octanol–water partition coefficient (Wildman–Crippen LogP) is 2.14. The second-order valence-electron chi connectivity index (χ2n) is 8.69. The molecule has 2 fully saturated rings. The van der Waals surface area contributed by atoms with Crippen LogP contribution in [0.25, 0.3) is 11.0 Å². The first-order valence-corrected chi connectivity index (χ1v) is 10.6. The van der Waals surface area contributed by atoms with Crippen molar-refractivity contribution in [3.8, 4) is 0 Å². The highest BCUT2D eigenvalue weighted by atomic mass is 16.4. The van der Waals surface area contributed by atoms with Gasteiger partial charge in [-0.1, -0.05) is 6.07 Å². The molecule has 0 bridgehead atoms. The number of imide groups is 1. The van der Waals surface area contributed by atoms with Crippen LogP contribution in [0.5, 0.6) is 0 Å². The van der Waals surface area contributed by atoms with Crippen molar-refractivity contribution in [2.24, 2.45) is 18.9 Å². The molecule has 8 nitrogen and oxygen atoms in total. The number of rotatable bonds is 5. The summed E-state index contributed by atoms with van der Waals surface area (Å²) in [6.07, 6.45) is 5.64. The van der Waals surface area contributed by atoms with Gasteiger partial charge in [0.15, 0.2) is 0 Å². The first-order valence-electron chi connectivity index (χ1n) is 10.6. The van der Waals surface area contributed by atoms with Crippen LogP contribution < -0.4 is 11.0 Å². The van der Waals surface area contributed by atoms with Crippen LogP contribution in [0.2, 0.25) is 0 Å². The summed E-state index contributed by atoms with van der Waals surface area (Å²) in [5.74, 6) is -0.648. The molecule has 1 aromatic heterocycles. The van der Waals surface area contributed by atoms with Crippen LogP contribution in [0.4, 0.5) is 0 Å². The number of aryl methyl sites for hydroxylation is 1. The average Bonchev–Trinajstić information content (AvgIpc) is 2.94. The van der Waals surface area contributed by atoms with Gasteiger partial charge in [0.05, 0.1) is 11.0 Å². The molecule has 0 unspecified atom stereocenters. The molecule has 2 N–H and O–H groups in total. The minimum Gasteiger partial charge on any atom is -0.481 e. The molecule has 1 saturated heterocycles. The number of carbonyl (C=O) groups excluding carboxylic acids is 2. The van der Waals surface area contributed by atoms with E-state index in [2.05, 4.69) is 5.32 Å². The standard InChI is InChI=1S/C22H27N3O5/c1-24-18-11-15(10-13-2-4-14(5-3-13)12-20(27)28)6-7-16(18)25(22(24)30)17-8-9-19(26)23-21(17)29/h6-7,11,13-14,17H,2-5,8-10,12H2,1H3,(H,27,28)(H,23,26,29)/t13?,14?,17-/m1/s1. The third-order valence-electron chi connectivity index (χ3n) is 6.63. The molecule has 2 amide bonds. The molecule has 2 heterocycles. The van der Waals surface area contributed by atoms with Crippen molar-refractivity contribution in [3.05, 3.63) is 34.2 Å². The molecule has 8 heteroatoms. The van der Waals surface area contributed by atoms with Crippen LogP contribution in [0.15, 0.2) is 23.0 Å². The molecule has 1 saturated carbocycles. The van der Waals surface area contributed by atoms with Gasteiger partial charge in [-0.25, -0.2) is 4.79 Å². The first kappa shape index (κ1) is 20.4. The number of carbonyl (C=O) groups is 3. The number of aliphatic carboxylic acids is 1. The Morgan fingerprint density at radius 2 is 1.77 bits per heavy atom. The van der Waals surface area contributed by atoms with Crippen molar-refractivity contribution >= 4 is 28.8 Å². The number of fused-ring (bicyclic) bond motifs is 1. The molecule has 0 spiro atoms. The van der Waals surface area contributed by atoms with Gasteiger partial charge in [-0.15, -0.1) is 0 Å². The smallest absolute Gasteiger partial charge is 0.329 e. The number of nitrogens with one attached hydrogen (secondary N) is 1. The van der Waals surface area contributed by atoms with Crippen LogP contribution in [0.3, 0.4) is 0 Å². The Morgan fingerprint density at radius 1 is 1.07 bits per heavy atom. The highest BCUT2D eigenvalue weighted by molar-refractivity contribution is 6.00. The number of carboxylic acids is 1. The minimum absolute atomic E-state index is 0.224. The number of piperidine rings is 1. The van der Waals surface area contributed by atoms with E-state index in [1.165, 1.54) is 4.57 Å². The topological polar surface area (TPSA) is 110 Å². The SMILES string of the molecule is Cn1c(=O)n([C@@H]2CCC(=O)NC2=O)c2ccc(CC3CCC(CC(=O)O)CC3)cc21. The summed E-state index contributed by atoms with van der Waals surface area (Å²) in [6, 6.07) is 5.25. The fraction of sp³-hybridized carbons (Fsp3) is 0.545. The van der Waals surface area contributed by atoms with Crippen LogP contribution in [0, 0.1) is 11.8 Å². The number of aromatic nitrogens is 2. The van der Waals surface area contributed by atoms with E-state index >= 15 is 0 Å². The van der Waals surface area contributed by atoms with Crippen LogP contribution in [0.1, 0.15) is 56.6 Å². The second-order valence-corrected chi connectivity index (χ2v) is 8.69. The van der Waals surface area contributed by atoms with E-state index in [0.717, 1.165) is 43.2 Å². The fourth-order valence-corrected chi connectivity index (χ4v) is 4.99. The molecule has 1 atom stereocenters. The van der Waals surface area contributed by atoms with E-state index in [1.54, 1.807) is 11.6 Å². The van der Waals surface area contributed by atoms with E-state index in [9.17, 15) is 19.2 Å². The normalized spacial score (nSPS) is 24.8. The Labute approximate surface area is 173 Å². The summed E-state index contributed by atoms with van der Waals surface area (Å²) >= 11 is 0. The predicted molar refractivity (Wildman–Crippen MR) is 110 cm³/mol. The third-order valence-corrected chi connectivity index (χ3v) is 6.63. The van der Waals surface area contributed by atoms with Crippen molar-refractivity contribution in [1.82, 2.24) is 14.5 Å². The largest absolute Gasteiger partial charge is 0.481 e. The summed E-state index contributed by atoms with van der Waals surface area (Å²) < 4.78 is 3.06. The van der Waals surface area contributed by atoms with Gasteiger partial charge in [0.2, 0.25) is 11.8 Å². The molecular formula is C22H27N3O5. The minimum atomic E-state index is -0.717. The zero-order valence-corrected chi connectivity index (χ0v) is 17.1.